The molecule has 9 nitrogen and oxygen atoms in total. The van der Waals surface area contributed by atoms with Gasteiger partial charge in [0, 0.05) is 50.0 Å². The number of fused-ring (bicyclic) bond motifs is 2. The third kappa shape index (κ3) is 6.77. The molecule has 6 rings (SSSR count). The van der Waals surface area contributed by atoms with Crippen LogP contribution in [0.5, 0.6) is 0 Å². The van der Waals surface area contributed by atoms with Gasteiger partial charge in [0.05, 0.1) is 12.1 Å². The molecule has 2 saturated heterocycles. The van der Waals surface area contributed by atoms with Gasteiger partial charge in [0.1, 0.15) is 10.3 Å². The molecule has 4 N–H and O–H groups in total. The highest BCUT2D eigenvalue weighted by Gasteiger charge is 2.31. The average molecular weight is 605 g/mol. The van der Waals surface area contributed by atoms with Gasteiger partial charge in [-0.05, 0) is 79.2 Å². The van der Waals surface area contributed by atoms with E-state index in [0.29, 0.717) is 36.0 Å². The van der Waals surface area contributed by atoms with E-state index in [9.17, 15) is 14.7 Å². The molecule has 230 valence electrons. The molecule has 0 radical (unpaired) electrons. The monoisotopic (exact) mass is 604 g/mol. The van der Waals surface area contributed by atoms with E-state index in [2.05, 4.69) is 37.1 Å². The Morgan fingerprint density at radius 1 is 1.14 bits per heavy atom. The third-order valence-electron chi connectivity index (χ3n) is 9.50. The van der Waals surface area contributed by atoms with Crippen molar-refractivity contribution in [3.63, 3.8) is 0 Å². The second-order valence-corrected chi connectivity index (χ2v) is 14.7. The molecular weight excluding hydrogens is 560 g/mol. The van der Waals surface area contributed by atoms with Crippen LogP contribution in [0.25, 0.3) is 10.3 Å². The number of rotatable bonds is 7. The van der Waals surface area contributed by atoms with Crippen molar-refractivity contribution in [3.8, 4) is 0 Å². The number of aliphatic hydroxyl groups is 1. The summed E-state index contributed by atoms with van der Waals surface area (Å²) in [5.74, 6) is 0.344. The molecule has 2 fully saturated rings. The number of hydrogen-bond acceptors (Lipinski definition) is 8. The minimum atomic E-state index is -0.300. The van der Waals surface area contributed by atoms with Gasteiger partial charge in [0.2, 0.25) is 0 Å². The summed E-state index contributed by atoms with van der Waals surface area (Å²) in [5.41, 5.74) is 10.8. The SMILES string of the molecule is CC(C)(C)[C@H]1CCc2nc3sc(C(=O)NC(CCN4CCC(O)CC4)c4cccc(C(=O)N5CC(N)C5)c4)nc3cc2C1. The summed E-state index contributed by atoms with van der Waals surface area (Å²) in [6, 6.07) is 9.46. The Hall–Kier alpha value is -2.92. The van der Waals surface area contributed by atoms with Crippen LogP contribution in [-0.2, 0) is 12.8 Å². The van der Waals surface area contributed by atoms with E-state index in [1.54, 1.807) is 4.90 Å². The van der Waals surface area contributed by atoms with Gasteiger partial charge in [-0.1, -0.05) is 44.2 Å². The van der Waals surface area contributed by atoms with Gasteiger partial charge in [-0.15, -0.1) is 0 Å². The molecule has 3 aromatic rings. The number of amides is 2. The Morgan fingerprint density at radius 3 is 2.63 bits per heavy atom. The number of carbonyl (C=O) groups is 2. The maximum absolute atomic E-state index is 13.7. The Balaban J connectivity index is 1.21. The predicted molar refractivity (Wildman–Crippen MR) is 169 cm³/mol. The van der Waals surface area contributed by atoms with Crippen molar-refractivity contribution >= 4 is 33.5 Å². The Bertz CT molecular complexity index is 1490. The molecule has 2 atom stereocenters. The predicted octanol–water partition coefficient (Wildman–Crippen LogP) is 3.94. The highest BCUT2D eigenvalue weighted by Crippen LogP contribution is 2.38. The standard InChI is InChI=1S/C33H44N6O3S/c1-33(2,3)23-7-8-26-22(16-23)17-28-30(36-26)43-31(37-28)29(41)35-27(11-14-38-12-9-25(40)10-13-38)20-5-4-6-21(15-20)32(42)39-18-24(34)19-39/h4-6,15,17,23-25,27,40H,7-14,16,18-19,34H2,1-3H3,(H,35,41)/t23-,27?/m0/s1. The fourth-order valence-electron chi connectivity index (χ4n) is 6.60. The summed E-state index contributed by atoms with van der Waals surface area (Å²) in [6.45, 7) is 10.5. The Morgan fingerprint density at radius 2 is 1.91 bits per heavy atom. The van der Waals surface area contributed by atoms with Crippen LogP contribution in [0.4, 0.5) is 0 Å². The molecule has 0 spiro atoms. The van der Waals surface area contributed by atoms with Gasteiger partial charge < -0.3 is 26.0 Å². The molecule has 1 aliphatic carbocycles. The van der Waals surface area contributed by atoms with Crippen LogP contribution in [0.2, 0.25) is 0 Å². The van der Waals surface area contributed by atoms with Crippen LogP contribution >= 0.6 is 11.3 Å². The number of nitrogens with one attached hydrogen (secondary N) is 1. The number of likely N-dealkylation sites (tertiary alicyclic amines) is 2. The first-order valence-corrected chi connectivity index (χ1v) is 16.5. The van der Waals surface area contributed by atoms with Crippen molar-refractivity contribution in [2.75, 3.05) is 32.7 Å². The number of carbonyl (C=O) groups excluding carboxylic acids is 2. The van der Waals surface area contributed by atoms with Crippen LogP contribution in [-0.4, -0.2) is 81.6 Å². The molecule has 2 aromatic heterocycles. The van der Waals surface area contributed by atoms with E-state index in [0.717, 1.165) is 73.3 Å². The zero-order valence-electron chi connectivity index (χ0n) is 25.5. The summed E-state index contributed by atoms with van der Waals surface area (Å²) in [6.07, 6.45) is 5.05. The smallest absolute Gasteiger partial charge is 0.280 e. The molecule has 1 aromatic carbocycles. The van der Waals surface area contributed by atoms with Crippen molar-refractivity contribution in [1.82, 2.24) is 25.1 Å². The summed E-state index contributed by atoms with van der Waals surface area (Å²) in [7, 11) is 0. The minimum Gasteiger partial charge on any atom is -0.393 e. The van der Waals surface area contributed by atoms with Crippen molar-refractivity contribution in [3.05, 3.63) is 57.7 Å². The Labute approximate surface area is 257 Å². The summed E-state index contributed by atoms with van der Waals surface area (Å²) in [5, 5.41) is 13.6. The highest BCUT2D eigenvalue weighted by molar-refractivity contribution is 7.19. The summed E-state index contributed by atoms with van der Waals surface area (Å²) in [4.78, 5) is 41.3. The van der Waals surface area contributed by atoms with Crippen LogP contribution in [0.1, 0.15) is 89.5 Å². The number of aromatic nitrogens is 2. The van der Waals surface area contributed by atoms with E-state index in [4.69, 9.17) is 15.7 Å². The number of hydrogen-bond donors (Lipinski definition) is 3. The van der Waals surface area contributed by atoms with Gasteiger partial charge in [-0.2, -0.15) is 0 Å². The normalized spacial score (nSPS) is 21.0. The lowest BCUT2D eigenvalue weighted by molar-refractivity contribution is 0.0608. The molecule has 1 unspecified atom stereocenters. The number of nitrogens with two attached hydrogens (primary N) is 1. The van der Waals surface area contributed by atoms with Crippen LogP contribution in [0, 0.1) is 11.3 Å². The average Bonchev–Trinajstić information content (AvgIpc) is 3.39. The zero-order chi connectivity index (χ0) is 30.3. The molecule has 0 bridgehead atoms. The molecule has 4 heterocycles. The first kappa shape index (κ1) is 30.1. The van der Waals surface area contributed by atoms with Crippen molar-refractivity contribution in [2.24, 2.45) is 17.1 Å². The first-order chi connectivity index (χ1) is 20.5. The van der Waals surface area contributed by atoms with E-state index in [-0.39, 0.29) is 35.4 Å². The van der Waals surface area contributed by atoms with E-state index in [1.807, 2.05) is 24.3 Å². The summed E-state index contributed by atoms with van der Waals surface area (Å²) >= 11 is 1.35. The highest BCUT2D eigenvalue weighted by atomic mass is 32.1. The molecule has 2 amide bonds. The van der Waals surface area contributed by atoms with E-state index in [1.165, 1.54) is 16.9 Å². The Kier molecular flexibility index (Phi) is 8.56. The lowest BCUT2D eigenvalue weighted by Crippen LogP contribution is -2.57. The second kappa shape index (κ2) is 12.2. The van der Waals surface area contributed by atoms with Gasteiger partial charge in [-0.25, -0.2) is 9.97 Å². The fraction of sp³-hybridized carbons (Fsp3) is 0.576. The molecule has 43 heavy (non-hydrogen) atoms. The van der Waals surface area contributed by atoms with E-state index < -0.39 is 0 Å². The quantitative estimate of drug-likeness (QED) is 0.373. The molecule has 10 heteroatoms. The van der Waals surface area contributed by atoms with Crippen LogP contribution < -0.4 is 11.1 Å². The molecule has 3 aliphatic rings. The number of nitrogens with zero attached hydrogens (tertiary/aromatic N) is 4. The maximum Gasteiger partial charge on any atom is 0.280 e. The zero-order valence-corrected chi connectivity index (χ0v) is 26.3. The van der Waals surface area contributed by atoms with Gasteiger partial charge >= 0.3 is 0 Å². The first-order valence-electron chi connectivity index (χ1n) is 15.7. The molecule has 2 aliphatic heterocycles. The van der Waals surface area contributed by atoms with E-state index >= 15 is 0 Å². The van der Waals surface area contributed by atoms with Crippen molar-refractivity contribution < 1.29 is 14.7 Å². The topological polar surface area (TPSA) is 125 Å². The largest absolute Gasteiger partial charge is 0.393 e. The minimum absolute atomic E-state index is 0.0337. The number of aryl methyl sites for hydroxylation is 1. The maximum atomic E-state index is 13.7. The number of benzene rings is 1. The van der Waals surface area contributed by atoms with Crippen molar-refractivity contribution in [1.29, 1.82) is 0 Å². The van der Waals surface area contributed by atoms with Gasteiger partial charge in [-0.3, -0.25) is 9.59 Å². The lowest BCUT2D eigenvalue weighted by atomic mass is 9.71. The molecular formula is C33H44N6O3S. The number of thiazole rings is 1. The van der Waals surface area contributed by atoms with Gasteiger partial charge in [0.15, 0.2) is 5.01 Å². The number of aliphatic hydroxyl groups excluding tert-OH is 1. The fourth-order valence-corrected chi connectivity index (χ4v) is 7.44. The third-order valence-corrected chi connectivity index (χ3v) is 10.5. The second-order valence-electron chi connectivity index (χ2n) is 13.7. The number of piperidine rings is 1. The molecule has 0 saturated carbocycles. The van der Waals surface area contributed by atoms with Crippen LogP contribution in [0.3, 0.4) is 0 Å². The van der Waals surface area contributed by atoms with Crippen LogP contribution in [0.15, 0.2) is 30.3 Å². The van der Waals surface area contributed by atoms with Gasteiger partial charge in [0.25, 0.3) is 11.8 Å². The summed E-state index contributed by atoms with van der Waals surface area (Å²) < 4.78 is 0. The number of pyridine rings is 1. The van der Waals surface area contributed by atoms with Crippen molar-refractivity contribution in [2.45, 2.75) is 77.5 Å². The lowest BCUT2D eigenvalue weighted by Gasteiger charge is -2.37.